The molecular formula is C25H25NO3. The van der Waals surface area contributed by atoms with Crippen molar-refractivity contribution in [3.8, 4) is 17.2 Å². The Hall–Kier alpha value is -3.53. The highest BCUT2D eigenvalue weighted by molar-refractivity contribution is 5.96. The van der Waals surface area contributed by atoms with Gasteiger partial charge in [0.05, 0.1) is 19.1 Å². The van der Waals surface area contributed by atoms with Crippen molar-refractivity contribution in [2.75, 3.05) is 7.11 Å². The Kier molecular flexibility index (Phi) is 6.69. The number of aryl methyl sites for hydroxylation is 2. The van der Waals surface area contributed by atoms with Crippen molar-refractivity contribution in [3.05, 3.63) is 95.8 Å². The maximum atomic E-state index is 6.12. The Balaban J connectivity index is 1.91. The number of nitrogens with zero attached hydrogens (tertiary/aromatic N) is 1. The highest BCUT2D eigenvalue weighted by Crippen LogP contribution is 2.28. The fourth-order valence-corrected chi connectivity index (χ4v) is 2.56. The summed E-state index contributed by atoms with van der Waals surface area (Å²) in [5.41, 5.74) is 3.89. The van der Waals surface area contributed by atoms with E-state index in [4.69, 9.17) is 14.2 Å². The van der Waals surface area contributed by atoms with Crippen LogP contribution in [0.15, 0.2) is 89.6 Å². The average Bonchev–Trinajstić information content (AvgIpc) is 2.74. The fraction of sp³-hybridized carbons (Fsp3) is 0.160. The zero-order valence-corrected chi connectivity index (χ0v) is 17.2. The second kappa shape index (κ2) is 9.60. The van der Waals surface area contributed by atoms with Crippen LogP contribution in [-0.2, 0) is 0 Å². The molecule has 0 saturated heterocycles. The molecule has 0 heterocycles. The predicted molar refractivity (Wildman–Crippen MR) is 117 cm³/mol. The Morgan fingerprint density at radius 3 is 2.00 bits per heavy atom. The molecule has 3 aromatic rings. The van der Waals surface area contributed by atoms with Gasteiger partial charge in [0, 0.05) is 5.57 Å². The molecule has 148 valence electrons. The van der Waals surface area contributed by atoms with E-state index in [1.165, 1.54) is 11.1 Å². The summed E-state index contributed by atoms with van der Waals surface area (Å²) in [6.45, 7) is 5.98. The number of rotatable bonds is 6. The molecule has 3 rings (SSSR count). The molecule has 0 atom stereocenters. The van der Waals surface area contributed by atoms with E-state index in [-0.39, 0.29) is 0 Å². The molecule has 0 unspecified atom stereocenters. The summed E-state index contributed by atoms with van der Waals surface area (Å²) in [7, 11) is 1.61. The van der Waals surface area contributed by atoms with Crippen molar-refractivity contribution in [2.45, 2.75) is 20.8 Å². The first kappa shape index (κ1) is 20.2. The molecule has 0 radical (unpaired) electrons. The van der Waals surface area contributed by atoms with Gasteiger partial charge in [0.1, 0.15) is 5.75 Å². The number of para-hydroxylation sites is 2. The zero-order chi connectivity index (χ0) is 20.6. The summed E-state index contributed by atoms with van der Waals surface area (Å²) in [5.74, 6) is 2.41. The van der Waals surface area contributed by atoms with Gasteiger partial charge in [-0.2, -0.15) is 0 Å². The first-order valence-electron chi connectivity index (χ1n) is 9.42. The van der Waals surface area contributed by atoms with Gasteiger partial charge in [-0.15, -0.1) is 0 Å². The molecule has 4 nitrogen and oxygen atoms in total. The van der Waals surface area contributed by atoms with E-state index in [0.717, 1.165) is 17.0 Å². The predicted octanol–water partition coefficient (Wildman–Crippen LogP) is 6.40. The molecule has 0 aliphatic heterocycles. The van der Waals surface area contributed by atoms with Gasteiger partial charge in [-0.25, -0.2) is 4.99 Å². The Bertz CT molecular complexity index is 1000. The van der Waals surface area contributed by atoms with Crippen LogP contribution >= 0.6 is 0 Å². The minimum Gasteiger partial charge on any atom is -0.493 e. The van der Waals surface area contributed by atoms with Gasteiger partial charge in [0.25, 0.3) is 0 Å². The zero-order valence-electron chi connectivity index (χ0n) is 17.2. The number of ether oxygens (including phenoxy) is 3. The molecule has 0 saturated carbocycles. The Morgan fingerprint density at radius 2 is 1.38 bits per heavy atom. The molecule has 0 aromatic heterocycles. The lowest BCUT2D eigenvalue weighted by molar-refractivity contribution is 0.390. The second-order valence-electron chi connectivity index (χ2n) is 6.74. The van der Waals surface area contributed by atoms with Crippen LogP contribution in [0.1, 0.15) is 18.1 Å². The summed E-state index contributed by atoms with van der Waals surface area (Å²) in [6.07, 6.45) is 1.65. The summed E-state index contributed by atoms with van der Waals surface area (Å²) in [5, 5.41) is 0. The summed E-state index contributed by atoms with van der Waals surface area (Å²) < 4.78 is 17.3. The largest absolute Gasteiger partial charge is 0.493 e. The Labute approximate surface area is 172 Å². The summed E-state index contributed by atoms with van der Waals surface area (Å²) in [6, 6.07) is 23.3. The van der Waals surface area contributed by atoms with Crippen molar-refractivity contribution < 1.29 is 14.2 Å². The van der Waals surface area contributed by atoms with E-state index in [9.17, 15) is 0 Å². The minimum absolute atomic E-state index is 0.436. The molecule has 0 fully saturated rings. The van der Waals surface area contributed by atoms with Gasteiger partial charge in [-0.05, 0) is 57.2 Å². The number of benzene rings is 3. The first-order valence-corrected chi connectivity index (χ1v) is 9.42. The summed E-state index contributed by atoms with van der Waals surface area (Å²) in [4.78, 5) is 4.69. The van der Waals surface area contributed by atoms with E-state index in [1.807, 2.05) is 93.6 Å². The normalized spacial score (nSPS) is 11.9. The van der Waals surface area contributed by atoms with Crippen LogP contribution < -0.4 is 14.2 Å². The maximum Gasteiger partial charge on any atom is 0.226 e. The third kappa shape index (κ3) is 5.72. The molecule has 0 aliphatic rings. The number of hydrogen-bond acceptors (Lipinski definition) is 4. The second-order valence-corrected chi connectivity index (χ2v) is 6.74. The van der Waals surface area contributed by atoms with Gasteiger partial charge in [0.2, 0.25) is 5.90 Å². The topological polar surface area (TPSA) is 40.0 Å². The SMILES string of the molecule is COc1ccccc1OC(=Nc1ccc(C)cc1)/C(C)=C/Oc1ccc(C)cc1. The van der Waals surface area contributed by atoms with Gasteiger partial charge < -0.3 is 14.2 Å². The molecule has 0 amide bonds. The standard InChI is InChI=1S/C25H25NO3/c1-18-9-13-21(14-10-18)26-25(29-24-8-6-5-7-23(24)27-4)20(3)17-28-22-15-11-19(2)12-16-22/h5-17H,1-4H3/b20-17+,26-25?. The van der Waals surface area contributed by atoms with Gasteiger partial charge in [-0.1, -0.05) is 47.5 Å². The van der Waals surface area contributed by atoms with Crippen LogP contribution in [0.4, 0.5) is 5.69 Å². The van der Waals surface area contributed by atoms with Crippen molar-refractivity contribution in [3.63, 3.8) is 0 Å². The molecule has 0 spiro atoms. The van der Waals surface area contributed by atoms with Crippen molar-refractivity contribution >= 4 is 11.6 Å². The van der Waals surface area contributed by atoms with Gasteiger partial charge >= 0.3 is 0 Å². The lowest BCUT2D eigenvalue weighted by atomic mass is 10.2. The number of methoxy groups -OCH3 is 1. The summed E-state index contributed by atoms with van der Waals surface area (Å²) >= 11 is 0. The van der Waals surface area contributed by atoms with Gasteiger partial charge in [-0.3, -0.25) is 0 Å². The van der Waals surface area contributed by atoms with Crippen molar-refractivity contribution in [1.29, 1.82) is 0 Å². The third-order valence-corrected chi connectivity index (χ3v) is 4.27. The highest BCUT2D eigenvalue weighted by atomic mass is 16.5. The smallest absolute Gasteiger partial charge is 0.226 e. The maximum absolute atomic E-state index is 6.12. The highest BCUT2D eigenvalue weighted by Gasteiger charge is 2.11. The average molecular weight is 387 g/mol. The third-order valence-electron chi connectivity index (χ3n) is 4.27. The molecule has 0 bridgehead atoms. The monoisotopic (exact) mass is 387 g/mol. The number of hydrogen-bond donors (Lipinski definition) is 0. The minimum atomic E-state index is 0.436. The molecule has 3 aromatic carbocycles. The fourth-order valence-electron chi connectivity index (χ4n) is 2.56. The van der Waals surface area contributed by atoms with Crippen LogP contribution in [0.5, 0.6) is 17.2 Å². The van der Waals surface area contributed by atoms with E-state index in [1.54, 1.807) is 13.4 Å². The first-order chi connectivity index (χ1) is 14.0. The van der Waals surface area contributed by atoms with Crippen LogP contribution in [0, 0.1) is 13.8 Å². The molecule has 29 heavy (non-hydrogen) atoms. The number of aliphatic imine (C=N–C) groups is 1. The van der Waals surface area contributed by atoms with Crippen molar-refractivity contribution in [1.82, 2.24) is 0 Å². The molecule has 0 N–H and O–H groups in total. The quantitative estimate of drug-likeness (QED) is 0.279. The van der Waals surface area contributed by atoms with Gasteiger partial charge in [0.15, 0.2) is 11.5 Å². The Morgan fingerprint density at radius 1 is 0.793 bits per heavy atom. The van der Waals surface area contributed by atoms with Crippen molar-refractivity contribution in [2.24, 2.45) is 4.99 Å². The van der Waals surface area contributed by atoms with E-state index >= 15 is 0 Å². The van der Waals surface area contributed by atoms with Crippen LogP contribution in [-0.4, -0.2) is 13.0 Å². The molecule has 4 heteroatoms. The van der Waals surface area contributed by atoms with E-state index < -0.39 is 0 Å². The van der Waals surface area contributed by atoms with Crippen LogP contribution in [0.3, 0.4) is 0 Å². The van der Waals surface area contributed by atoms with E-state index in [0.29, 0.717) is 17.4 Å². The van der Waals surface area contributed by atoms with E-state index in [2.05, 4.69) is 4.99 Å². The lowest BCUT2D eigenvalue weighted by Crippen LogP contribution is -2.11. The van der Waals surface area contributed by atoms with Crippen LogP contribution in [0.25, 0.3) is 0 Å². The van der Waals surface area contributed by atoms with Crippen LogP contribution in [0.2, 0.25) is 0 Å². The lowest BCUT2D eigenvalue weighted by Gasteiger charge is -2.13. The molecule has 0 aliphatic carbocycles. The molecular weight excluding hydrogens is 362 g/mol.